The summed E-state index contributed by atoms with van der Waals surface area (Å²) in [4.78, 5) is 73.7. The van der Waals surface area contributed by atoms with Crippen molar-refractivity contribution in [2.45, 2.75) is 90.1 Å². The number of aryl methyl sites for hydroxylation is 1. The molecule has 1 aromatic heterocycles. The summed E-state index contributed by atoms with van der Waals surface area (Å²) in [5.41, 5.74) is -1.29. The number of esters is 1. The van der Waals surface area contributed by atoms with Crippen molar-refractivity contribution < 1.29 is 38.5 Å². The minimum Gasteiger partial charge on any atom is -0.481 e. The topological polar surface area (TPSA) is 195 Å². The van der Waals surface area contributed by atoms with Crippen LogP contribution in [-0.2, 0) is 35.1 Å². The molecule has 1 aromatic rings. The van der Waals surface area contributed by atoms with E-state index in [-0.39, 0.29) is 49.3 Å². The van der Waals surface area contributed by atoms with E-state index in [9.17, 15) is 28.8 Å². The van der Waals surface area contributed by atoms with Crippen LogP contribution in [0.15, 0.2) is 15.8 Å². The van der Waals surface area contributed by atoms with Gasteiger partial charge in [-0.15, -0.1) is 0 Å². The molecule has 2 amide bonds. The summed E-state index contributed by atoms with van der Waals surface area (Å²) in [7, 11) is 1.31. The lowest BCUT2D eigenvalue weighted by atomic mass is 9.94. The Kier molecular flexibility index (Phi) is 13.4. The highest BCUT2D eigenvalue weighted by Crippen LogP contribution is 2.39. The first-order valence-corrected chi connectivity index (χ1v) is 13.6. The van der Waals surface area contributed by atoms with E-state index in [1.807, 2.05) is 13.8 Å². The summed E-state index contributed by atoms with van der Waals surface area (Å²) < 4.78 is 17.3. The third kappa shape index (κ3) is 10.1. The van der Waals surface area contributed by atoms with Gasteiger partial charge in [-0.2, -0.15) is 0 Å². The van der Waals surface area contributed by atoms with Gasteiger partial charge in [0.05, 0.1) is 31.6 Å². The molecule has 1 aliphatic heterocycles. The van der Waals surface area contributed by atoms with Gasteiger partial charge in [0.2, 0.25) is 5.91 Å². The molecule has 0 aliphatic carbocycles. The third-order valence-electron chi connectivity index (χ3n) is 6.74. The Morgan fingerprint density at radius 3 is 2.35 bits per heavy atom. The van der Waals surface area contributed by atoms with Crippen molar-refractivity contribution in [3.8, 4) is 0 Å². The molecule has 224 valence electrons. The summed E-state index contributed by atoms with van der Waals surface area (Å²) in [5, 5.41) is 14.2. The third-order valence-corrected chi connectivity index (χ3v) is 6.74. The fourth-order valence-corrected chi connectivity index (χ4v) is 4.48. The van der Waals surface area contributed by atoms with E-state index in [0.717, 1.165) is 25.7 Å². The van der Waals surface area contributed by atoms with Crippen molar-refractivity contribution in [2.24, 2.45) is 5.92 Å². The first-order chi connectivity index (χ1) is 19.1. The van der Waals surface area contributed by atoms with Crippen LogP contribution < -0.4 is 21.9 Å². The number of ether oxygens (including phenoxy) is 3. The summed E-state index contributed by atoms with van der Waals surface area (Å²) in [5.74, 6) is -2.38. The molecule has 2 rings (SSSR count). The van der Waals surface area contributed by atoms with Gasteiger partial charge >= 0.3 is 23.7 Å². The quantitative estimate of drug-likeness (QED) is 0.166. The van der Waals surface area contributed by atoms with Gasteiger partial charge in [0.15, 0.2) is 0 Å². The molecular formula is C26H40N4O10. The monoisotopic (exact) mass is 568 g/mol. The Morgan fingerprint density at radius 2 is 1.73 bits per heavy atom. The number of hydrogen-bond acceptors (Lipinski definition) is 9. The van der Waals surface area contributed by atoms with Crippen molar-refractivity contribution in [3.63, 3.8) is 0 Å². The van der Waals surface area contributed by atoms with Crippen LogP contribution >= 0.6 is 0 Å². The Morgan fingerprint density at radius 1 is 1.05 bits per heavy atom. The molecule has 4 atom stereocenters. The van der Waals surface area contributed by atoms with E-state index in [0.29, 0.717) is 19.5 Å². The summed E-state index contributed by atoms with van der Waals surface area (Å²) >= 11 is 0. The molecule has 0 bridgehead atoms. The van der Waals surface area contributed by atoms with Crippen LogP contribution in [0.2, 0.25) is 0 Å². The van der Waals surface area contributed by atoms with Crippen molar-refractivity contribution in [2.75, 3.05) is 20.2 Å². The number of aromatic amines is 1. The fourth-order valence-electron chi connectivity index (χ4n) is 4.48. The van der Waals surface area contributed by atoms with Gasteiger partial charge in [0.1, 0.15) is 12.2 Å². The number of carbonyl (C=O) groups excluding carboxylic acids is 3. The summed E-state index contributed by atoms with van der Waals surface area (Å²) in [6.07, 6.45) is 1.92. The Labute approximate surface area is 231 Å². The van der Waals surface area contributed by atoms with Crippen LogP contribution in [0.5, 0.6) is 0 Å². The average Bonchev–Trinajstić information content (AvgIpc) is 3.22. The predicted octanol–water partition coefficient (Wildman–Crippen LogP) is 1.22. The number of aromatic nitrogens is 2. The van der Waals surface area contributed by atoms with Crippen molar-refractivity contribution in [1.82, 2.24) is 20.2 Å². The van der Waals surface area contributed by atoms with Gasteiger partial charge in [-0.3, -0.25) is 28.7 Å². The minimum absolute atomic E-state index is 0.00154. The van der Waals surface area contributed by atoms with E-state index in [1.54, 1.807) is 0 Å². The Balaban J connectivity index is 1.94. The largest absolute Gasteiger partial charge is 0.481 e. The fraction of sp³-hybridized carbons (Fsp3) is 0.692. The summed E-state index contributed by atoms with van der Waals surface area (Å²) in [6.45, 7) is 4.70. The number of nitrogens with zero attached hydrogens (tertiary/aromatic N) is 1. The maximum Gasteiger partial charge on any atom is 0.406 e. The SMILES string of the molecule is CC[C@H]1O[C@@H](c2cn(CCC(=O)NCCCCCCNC(=O)OC)c(=O)[nH]c2=O)C(OC(=O)CCC(=O)O)[C@H]1C. The molecule has 1 aliphatic rings. The number of H-pyrrole nitrogens is 1. The molecule has 2 heterocycles. The van der Waals surface area contributed by atoms with E-state index in [1.165, 1.54) is 17.9 Å². The van der Waals surface area contributed by atoms with Crippen molar-refractivity contribution in [1.29, 1.82) is 0 Å². The highest BCUT2D eigenvalue weighted by atomic mass is 16.6. The highest BCUT2D eigenvalue weighted by molar-refractivity contribution is 5.76. The first kappa shape index (κ1) is 32.5. The number of alkyl carbamates (subject to hydrolysis) is 1. The van der Waals surface area contributed by atoms with Gasteiger partial charge in [0.25, 0.3) is 5.56 Å². The molecule has 0 aromatic carbocycles. The number of nitrogens with one attached hydrogen (secondary N) is 3. The molecule has 1 saturated heterocycles. The van der Waals surface area contributed by atoms with Gasteiger partial charge in [-0.1, -0.05) is 26.7 Å². The lowest BCUT2D eigenvalue weighted by molar-refractivity contribution is -0.155. The number of hydrogen-bond donors (Lipinski definition) is 4. The molecule has 1 fully saturated rings. The second-order valence-electron chi connectivity index (χ2n) is 9.68. The number of rotatable bonds is 16. The molecule has 40 heavy (non-hydrogen) atoms. The van der Waals surface area contributed by atoms with Crippen LogP contribution in [0.1, 0.15) is 76.9 Å². The van der Waals surface area contributed by atoms with Crippen LogP contribution in [-0.4, -0.2) is 71.0 Å². The molecule has 0 radical (unpaired) electrons. The zero-order valence-electron chi connectivity index (χ0n) is 23.2. The van der Waals surface area contributed by atoms with Gasteiger partial charge in [-0.25, -0.2) is 9.59 Å². The van der Waals surface area contributed by atoms with Crippen molar-refractivity contribution >= 4 is 23.9 Å². The van der Waals surface area contributed by atoms with Gasteiger partial charge in [0, 0.05) is 38.2 Å². The van der Waals surface area contributed by atoms with E-state index in [4.69, 9.17) is 14.6 Å². The zero-order chi connectivity index (χ0) is 29.7. The van der Waals surface area contributed by atoms with E-state index >= 15 is 0 Å². The van der Waals surface area contributed by atoms with Gasteiger partial charge in [-0.05, 0) is 19.3 Å². The van der Waals surface area contributed by atoms with Gasteiger partial charge < -0.3 is 30.0 Å². The van der Waals surface area contributed by atoms with E-state index in [2.05, 4.69) is 20.4 Å². The second kappa shape index (κ2) is 16.4. The molecule has 1 unspecified atom stereocenters. The number of carboxylic acids is 1. The standard InChI is InChI=1S/C26H40N4O10/c1-4-18-16(2)22(40-21(34)10-9-20(32)33)23(39-18)17-15-30(25(36)29-24(17)35)14-11-19(31)27-12-7-5-6-8-13-28-26(37)38-3/h15-16,18,22-23H,4-14H2,1-3H3,(H,27,31)(H,28,37)(H,32,33)(H,29,35,36)/t16-,18+,22?,23-/m0/s1. The number of unbranched alkanes of at least 4 members (excludes halogenated alkanes) is 3. The Bertz CT molecular complexity index is 1130. The van der Waals surface area contributed by atoms with Crippen LogP contribution in [0.3, 0.4) is 0 Å². The van der Waals surface area contributed by atoms with Crippen LogP contribution in [0.25, 0.3) is 0 Å². The molecule has 0 spiro atoms. The number of aliphatic carboxylic acids is 1. The maximum atomic E-state index is 12.7. The minimum atomic E-state index is -1.13. The second-order valence-corrected chi connectivity index (χ2v) is 9.68. The first-order valence-electron chi connectivity index (χ1n) is 13.6. The predicted molar refractivity (Wildman–Crippen MR) is 142 cm³/mol. The molecule has 4 N–H and O–H groups in total. The molecule has 14 nitrogen and oxygen atoms in total. The number of carboxylic acid groups (broad SMARTS) is 1. The molecular weight excluding hydrogens is 528 g/mol. The van der Waals surface area contributed by atoms with Crippen molar-refractivity contribution in [3.05, 3.63) is 32.6 Å². The van der Waals surface area contributed by atoms with Crippen LogP contribution in [0, 0.1) is 5.92 Å². The number of amides is 2. The summed E-state index contributed by atoms with van der Waals surface area (Å²) in [6, 6.07) is 0. The normalized spacial score (nSPS) is 20.1. The molecule has 14 heteroatoms. The highest BCUT2D eigenvalue weighted by Gasteiger charge is 2.45. The molecule has 0 saturated carbocycles. The number of carbonyl (C=O) groups is 4. The Hall–Kier alpha value is -3.68. The smallest absolute Gasteiger partial charge is 0.406 e. The average molecular weight is 569 g/mol. The lowest BCUT2D eigenvalue weighted by Crippen LogP contribution is -2.37. The number of methoxy groups -OCH3 is 1. The lowest BCUT2D eigenvalue weighted by Gasteiger charge is -2.22. The van der Waals surface area contributed by atoms with Crippen LogP contribution in [0.4, 0.5) is 4.79 Å². The zero-order valence-corrected chi connectivity index (χ0v) is 23.2. The maximum absolute atomic E-state index is 12.7. The van der Waals surface area contributed by atoms with E-state index < -0.39 is 41.5 Å².